The Kier molecular flexibility index (Phi) is 4.09. The number of halogens is 2. The molecule has 7 nitrogen and oxygen atoms in total. The predicted molar refractivity (Wildman–Crippen MR) is 94.5 cm³/mol. The molecule has 0 aliphatic heterocycles. The van der Waals surface area contributed by atoms with Crippen LogP contribution < -0.4 is 5.14 Å². The van der Waals surface area contributed by atoms with Crippen molar-refractivity contribution in [3.05, 3.63) is 59.6 Å². The topological polar surface area (TPSA) is 112 Å². The van der Waals surface area contributed by atoms with Crippen molar-refractivity contribution in [3.63, 3.8) is 0 Å². The van der Waals surface area contributed by atoms with E-state index in [2.05, 4.69) is 15.1 Å². The number of primary sulfonamides is 1. The molecule has 0 unspecified atom stereocenters. The van der Waals surface area contributed by atoms with Gasteiger partial charge in [-0.25, -0.2) is 27.3 Å². The number of sulfonamides is 1. The molecule has 2 aromatic heterocycles. The fourth-order valence-electron chi connectivity index (χ4n) is 3.61. The molecule has 0 bridgehead atoms. The average Bonchev–Trinajstić information content (AvgIpc) is 2.95. The lowest BCUT2D eigenvalue weighted by molar-refractivity contribution is 0.368. The van der Waals surface area contributed by atoms with Gasteiger partial charge < -0.3 is 4.52 Å². The van der Waals surface area contributed by atoms with Crippen LogP contribution in [0.25, 0.3) is 11.4 Å². The van der Waals surface area contributed by atoms with E-state index in [1.165, 1.54) is 18.3 Å². The third-order valence-corrected chi connectivity index (χ3v) is 5.94. The van der Waals surface area contributed by atoms with Crippen LogP contribution in [-0.4, -0.2) is 23.5 Å². The van der Waals surface area contributed by atoms with E-state index in [9.17, 15) is 17.2 Å². The Balaban J connectivity index is 1.63. The van der Waals surface area contributed by atoms with Crippen LogP contribution in [0.5, 0.6) is 0 Å². The number of benzene rings is 1. The second-order valence-electron chi connectivity index (χ2n) is 7.33. The summed E-state index contributed by atoms with van der Waals surface area (Å²) in [5.41, 5.74) is 0.594. The number of nitrogens with zero attached hydrogens (tertiary/aromatic N) is 3. The molecule has 0 radical (unpaired) electrons. The van der Waals surface area contributed by atoms with Gasteiger partial charge in [-0.3, -0.25) is 0 Å². The maximum atomic E-state index is 14.0. The molecule has 0 amide bonds. The molecule has 28 heavy (non-hydrogen) atoms. The third kappa shape index (κ3) is 3.08. The van der Waals surface area contributed by atoms with Gasteiger partial charge in [-0.1, -0.05) is 25.1 Å². The van der Waals surface area contributed by atoms with Crippen LogP contribution in [0.1, 0.15) is 37.1 Å². The van der Waals surface area contributed by atoms with Gasteiger partial charge in [0, 0.05) is 18.2 Å². The fourth-order valence-corrected chi connectivity index (χ4v) is 4.06. The summed E-state index contributed by atoms with van der Waals surface area (Å²) in [5, 5.41) is 8.68. The Hall–Kier alpha value is -2.72. The molecule has 0 saturated heterocycles. The van der Waals surface area contributed by atoms with Crippen molar-refractivity contribution >= 4 is 10.0 Å². The van der Waals surface area contributed by atoms with Crippen molar-refractivity contribution in [1.29, 1.82) is 0 Å². The molecule has 1 fully saturated rings. The first-order valence-corrected chi connectivity index (χ1v) is 9.91. The second-order valence-corrected chi connectivity index (χ2v) is 8.84. The number of hydrogen-bond donors (Lipinski definition) is 1. The van der Waals surface area contributed by atoms with Gasteiger partial charge >= 0.3 is 0 Å². The van der Waals surface area contributed by atoms with Crippen LogP contribution in [0.2, 0.25) is 0 Å². The molecule has 3 aromatic rings. The first kappa shape index (κ1) is 18.6. The Bertz CT molecular complexity index is 1160. The van der Waals surface area contributed by atoms with E-state index in [1.54, 1.807) is 6.07 Å². The highest BCUT2D eigenvalue weighted by molar-refractivity contribution is 7.89. The third-order valence-electron chi connectivity index (χ3n) is 5.12. The molecule has 1 aliphatic carbocycles. The van der Waals surface area contributed by atoms with E-state index < -0.39 is 21.7 Å². The van der Waals surface area contributed by atoms with Crippen LogP contribution in [0.15, 0.2) is 46.1 Å². The summed E-state index contributed by atoms with van der Waals surface area (Å²) in [7, 11) is -3.87. The van der Waals surface area contributed by atoms with Gasteiger partial charge in [0.05, 0.1) is 11.5 Å². The molecule has 1 saturated carbocycles. The van der Waals surface area contributed by atoms with Crippen molar-refractivity contribution in [2.75, 3.05) is 0 Å². The zero-order chi connectivity index (χ0) is 20.3. The van der Waals surface area contributed by atoms with Crippen molar-refractivity contribution in [3.8, 4) is 11.4 Å². The minimum absolute atomic E-state index is 0.0386. The summed E-state index contributed by atoms with van der Waals surface area (Å²) < 4.78 is 55.1. The van der Waals surface area contributed by atoms with Gasteiger partial charge in [0.2, 0.25) is 11.7 Å². The Morgan fingerprint density at radius 1 is 1.14 bits per heavy atom. The Morgan fingerprint density at radius 3 is 2.50 bits per heavy atom. The molecular weight excluding hydrogens is 390 g/mol. The van der Waals surface area contributed by atoms with Gasteiger partial charge in [-0.2, -0.15) is 4.98 Å². The largest absolute Gasteiger partial charge is 0.339 e. The number of rotatable bonds is 4. The van der Waals surface area contributed by atoms with Crippen molar-refractivity contribution in [1.82, 2.24) is 15.1 Å². The SMILES string of the molecule is CC1(C)[C@@H](c2ccc(S(N)(=O)=O)nc2)[C@@H]1c1nc(-c2ccc(F)cc2F)no1. The number of nitrogens with two attached hydrogens (primary N) is 1. The van der Waals surface area contributed by atoms with Gasteiger partial charge in [-0.05, 0) is 29.2 Å². The first-order chi connectivity index (χ1) is 13.1. The minimum atomic E-state index is -3.87. The van der Waals surface area contributed by atoms with Gasteiger partial charge in [0.15, 0.2) is 5.03 Å². The van der Waals surface area contributed by atoms with E-state index in [0.717, 1.165) is 17.7 Å². The van der Waals surface area contributed by atoms with Gasteiger partial charge in [-0.15, -0.1) is 0 Å². The highest BCUT2D eigenvalue weighted by Gasteiger charge is 2.62. The summed E-state index contributed by atoms with van der Waals surface area (Å²) >= 11 is 0. The van der Waals surface area contributed by atoms with Crippen molar-refractivity contribution in [2.45, 2.75) is 30.7 Å². The quantitative estimate of drug-likeness (QED) is 0.713. The molecule has 10 heteroatoms. The second kappa shape index (κ2) is 6.14. The lowest BCUT2D eigenvalue weighted by Crippen LogP contribution is -2.13. The normalized spacial score (nSPS) is 20.9. The molecule has 0 spiro atoms. The van der Waals surface area contributed by atoms with Crippen molar-refractivity contribution in [2.24, 2.45) is 10.6 Å². The van der Waals surface area contributed by atoms with E-state index in [-0.39, 0.29) is 33.7 Å². The molecular formula is C18H16F2N4O3S. The van der Waals surface area contributed by atoms with Crippen LogP contribution in [-0.2, 0) is 10.0 Å². The molecule has 1 aromatic carbocycles. The monoisotopic (exact) mass is 406 g/mol. The average molecular weight is 406 g/mol. The van der Waals surface area contributed by atoms with E-state index in [4.69, 9.17) is 9.66 Å². The van der Waals surface area contributed by atoms with Crippen LogP contribution >= 0.6 is 0 Å². The van der Waals surface area contributed by atoms with Crippen LogP contribution in [0.3, 0.4) is 0 Å². The predicted octanol–water partition coefficient (Wildman–Crippen LogP) is 2.96. The van der Waals surface area contributed by atoms with E-state index in [1.807, 2.05) is 13.8 Å². The minimum Gasteiger partial charge on any atom is -0.339 e. The van der Waals surface area contributed by atoms with E-state index in [0.29, 0.717) is 5.89 Å². The van der Waals surface area contributed by atoms with Crippen LogP contribution in [0.4, 0.5) is 8.78 Å². The van der Waals surface area contributed by atoms with Crippen LogP contribution in [0, 0.1) is 17.0 Å². The first-order valence-electron chi connectivity index (χ1n) is 8.37. The smallest absolute Gasteiger partial charge is 0.255 e. The lowest BCUT2D eigenvalue weighted by atomic mass is 10.1. The number of pyridine rings is 1. The zero-order valence-corrected chi connectivity index (χ0v) is 15.7. The standard InChI is InChI=1S/C18H16F2N4O3S/c1-18(2)14(9-3-6-13(22-8-9)28(21,25)26)15(18)17-23-16(24-27-17)11-5-4-10(19)7-12(11)20/h3-8,14-15H,1-2H3,(H2,21,25,26)/t14-,15+/m0/s1. The summed E-state index contributed by atoms with van der Waals surface area (Å²) in [4.78, 5) is 8.20. The highest BCUT2D eigenvalue weighted by Crippen LogP contribution is 2.69. The number of aromatic nitrogens is 3. The molecule has 1 aliphatic rings. The maximum Gasteiger partial charge on any atom is 0.255 e. The lowest BCUT2D eigenvalue weighted by Gasteiger charge is -2.03. The number of hydrogen-bond acceptors (Lipinski definition) is 6. The van der Waals surface area contributed by atoms with E-state index >= 15 is 0 Å². The molecule has 2 heterocycles. The van der Waals surface area contributed by atoms with Gasteiger partial charge in [0.1, 0.15) is 11.6 Å². The fraction of sp³-hybridized carbons (Fsp3) is 0.278. The maximum absolute atomic E-state index is 14.0. The molecule has 2 atom stereocenters. The van der Waals surface area contributed by atoms with Crippen molar-refractivity contribution < 1.29 is 21.7 Å². The summed E-state index contributed by atoms with van der Waals surface area (Å²) in [5.74, 6) is -1.30. The van der Waals surface area contributed by atoms with Gasteiger partial charge in [0.25, 0.3) is 10.0 Å². The Morgan fingerprint density at radius 2 is 1.89 bits per heavy atom. The highest BCUT2D eigenvalue weighted by atomic mass is 32.2. The summed E-state index contributed by atoms with van der Waals surface area (Å²) in [6.45, 7) is 4.00. The molecule has 2 N–H and O–H groups in total. The summed E-state index contributed by atoms with van der Waals surface area (Å²) in [6, 6.07) is 6.13. The molecule has 4 rings (SSSR count). The molecule has 146 valence electrons. The summed E-state index contributed by atoms with van der Waals surface area (Å²) in [6.07, 6.45) is 1.46. The zero-order valence-electron chi connectivity index (χ0n) is 14.9. The Labute approximate surface area is 159 Å².